The molecule has 0 aliphatic rings. The van der Waals surface area contributed by atoms with Crippen LogP contribution in [-0.2, 0) is 0 Å². The maximum Gasteiger partial charge on any atom is 0.424 e. The maximum absolute atomic E-state index is 13.9. The van der Waals surface area contributed by atoms with Crippen molar-refractivity contribution in [1.29, 1.82) is 0 Å². The van der Waals surface area contributed by atoms with Crippen molar-refractivity contribution in [2.45, 2.75) is 37.1 Å². The van der Waals surface area contributed by atoms with Gasteiger partial charge in [0.1, 0.15) is 4.91 Å². The predicted molar refractivity (Wildman–Crippen MR) is 65.3 cm³/mol. The number of hydrogen-bond acceptors (Lipinski definition) is 2. The molecule has 0 aliphatic carbocycles. The van der Waals surface area contributed by atoms with Gasteiger partial charge in [0.05, 0.1) is 0 Å². The highest BCUT2D eigenvalue weighted by molar-refractivity contribution is 8.03. The van der Waals surface area contributed by atoms with E-state index in [-0.39, 0.29) is 0 Å². The van der Waals surface area contributed by atoms with E-state index in [0.29, 0.717) is 0 Å². The summed E-state index contributed by atoms with van der Waals surface area (Å²) in [5, 5.41) is 0. The van der Waals surface area contributed by atoms with Crippen LogP contribution in [0.1, 0.15) is 13.8 Å². The normalized spacial score (nSPS) is 15.8. The summed E-state index contributed by atoms with van der Waals surface area (Å²) in [5.41, 5.74) is 0. The molecular formula is C10H10F10S2. The molecular weight excluding hydrogens is 374 g/mol. The van der Waals surface area contributed by atoms with Crippen molar-refractivity contribution in [3.8, 4) is 0 Å². The monoisotopic (exact) mass is 384 g/mol. The Morgan fingerprint density at radius 2 is 1.18 bits per heavy atom. The summed E-state index contributed by atoms with van der Waals surface area (Å²) in [6.45, 7) is 1.89. The molecule has 0 saturated carbocycles. The summed E-state index contributed by atoms with van der Waals surface area (Å²) in [6.07, 6.45) is -18.2. The lowest BCUT2D eigenvalue weighted by Gasteiger charge is -2.36. The third-order valence-corrected chi connectivity index (χ3v) is 4.57. The van der Waals surface area contributed by atoms with Crippen molar-refractivity contribution in [3.05, 3.63) is 10.7 Å². The standard InChI is InChI=1S/C10H10F10S2/c1-3-21-6(8(12,13)14)5(11)7(22-4-2,9(15,16)17)10(18,19)20/h3-4H2,1-2H3. The lowest BCUT2D eigenvalue weighted by atomic mass is 10.1. The molecule has 0 aromatic carbocycles. The van der Waals surface area contributed by atoms with Gasteiger partial charge in [-0.2, -0.15) is 39.5 Å². The first kappa shape index (κ1) is 21.7. The van der Waals surface area contributed by atoms with Crippen LogP contribution in [0, 0.1) is 0 Å². The third-order valence-electron chi connectivity index (χ3n) is 2.21. The fraction of sp³-hybridized carbons (Fsp3) is 0.800. The molecule has 0 aromatic heterocycles. The molecule has 12 heteroatoms. The van der Waals surface area contributed by atoms with E-state index in [9.17, 15) is 43.9 Å². The number of thioether (sulfide) groups is 2. The van der Waals surface area contributed by atoms with Gasteiger partial charge in [-0.3, -0.25) is 0 Å². The number of rotatable bonds is 5. The molecule has 0 bridgehead atoms. The second-order valence-electron chi connectivity index (χ2n) is 3.68. The summed E-state index contributed by atoms with van der Waals surface area (Å²) in [6, 6.07) is 0. The molecule has 0 unspecified atom stereocenters. The molecule has 0 aliphatic heterocycles. The number of halogens is 10. The van der Waals surface area contributed by atoms with Gasteiger partial charge >= 0.3 is 18.5 Å². The van der Waals surface area contributed by atoms with E-state index < -0.39 is 69.0 Å². The van der Waals surface area contributed by atoms with Crippen molar-refractivity contribution in [2.75, 3.05) is 11.5 Å². The molecule has 0 atom stereocenters. The first-order valence-electron chi connectivity index (χ1n) is 5.54. The van der Waals surface area contributed by atoms with Gasteiger partial charge < -0.3 is 0 Å². The van der Waals surface area contributed by atoms with Crippen molar-refractivity contribution >= 4 is 23.5 Å². The molecule has 0 rings (SSSR count). The Balaban J connectivity index is 6.64. The topological polar surface area (TPSA) is 0 Å². The Labute approximate surface area is 127 Å². The highest BCUT2D eigenvalue weighted by Gasteiger charge is 2.75. The predicted octanol–water partition coefficient (Wildman–Crippen LogP) is 6.10. The van der Waals surface area contributed by atoms with Crippen LogP contribution in [0.15, 0.2) is 10.7 Å². The van der Waals surface area contributed by atoms with Crippen LogP contribution in [-0.4, -0.2) is 34.8 Å². The second kappa shape index (κ2) is 7.10. The van der Waals surface area contributed by atoms with Crippen molar-refractivity contribution in [3.63, 3.8) is 0 Å². The minimum Gasteiger partial charge on any atom is -0.208 e. The van der Waals surface area contributed by atoms with Crippen LogP contribution in [0.5, 0.6) is 0 Å². The zero-order valence-electron chi connectivity index (χ0n) is 11.0. The van der Waals surface area contributed by atoms with Crippen LogP contribution in [0.4, 0.5) is 43.9 Å². The Hall–Kier alpha value is -0.260. The highest BCUT2D eigenvalue weighted by Crippen LogP contribution is 2.59. The largest absolute Gasteiger partial charge is 0.424 e. The van der Waals surface area contributed by atoms with Crippen LogP contribution < -0.4 is 0 Å². The average molecular weight is 384 g/mol. The van der Waals surface area contributed by atoms with Crippen molar-refractivity contribution in [2.24, 2.45) is 0 Å². The van der Waals surface area contributed by atoms with Gasteiger partial charge in [0, 0.05) is 0 Å². The van der Waals surface area contributed by atoms with Crippen LogP contribution in [0.2, 0.25) is 0 Å². The second-order valence-corrected chi connectivity index (χ2v) is 6.44. The van der Waals surface area contributed by atoms with Gasteiger partial charge in [0.15, 0.2) is 5.83 Å². The molecule has 0 N–H and O–H groups in total. The molecule has 0 spiro atoms. The molecule has 0 radical (unpaired) electrons. The van der Waals surface area contributed by atoms with Gasteiger partial charge in [0.2, 0.25) is 0 Å². The van der Waals surface area contributed by atoms with Gasteiger partial charge in [-0.25, -0.2) is 4.39 Å². The average Bonchev–Trinajstić information content (AvgIpc) is 2.27. The molecule has 0 aromatic rings. The quantitative estimate of drug-likeness (QED) is 0.526. The molecule has 0 saturated heterocycles. The third kappa shape index (κ3) is 4.18. The zero-order chi connectivity index (χ0) is 18.0. The van der Waals surface area contributed by atoms with Crippen LogP contribution >= 0.6 is 23.5 Å². The smallest absolute Gasteiger partial charge is 0.208 e. The van der Waals surface area contributed by atoms with E-state index in [1.54, 1.807) is 0 Å². The highest BCUT2D eigenvalue weighted by atomic mass is 32.2. The van der Waals surface area contributed by atoms with E-state index in [0.717, 1.165) is 13.8 Å². The fourth-order valence-electron chi connectivity index (χ4n) is 1.43. The minimum atomic E-state index is -6.29. The number of allylic oxidation sites excluding steroid dienone is 1. The van der Waals surface area contributed by atoms with Gasteiger partial charge in [-0.05, 0) is 11.5 Å². The van der Waals surface area contributed by atoms with E-state index in [1.165, 1.54) is 0 Å². The van der Waals surface area contributed by atoms with E-state index in [1.807, 2.05) is 0 Å². The van der Waals surface area contributed by atoms with Gasteiger partial charge in [-0.15, -0.1) is 23.5 Å². The Bertz CT molecular complexity index is 389. The molecule has 0 heterocycles. The number of alkyl halides is 9. The lowest BCUT2D eigenvalue weighted by molar-refractivity contribution is -0.257. The fourth-order valence-corrected chi connectivity index (χ4v) is 3.21. The maximum atomic E-state index is 13.9. The summed E-state index contributed by atoms with van der Waals surface area (Å²) >= 11 is -1.44. The number of hydrogen-bond donors (Lipinski definition) is 0. The zero-order valence-corrected chi connectivity index (χ0v) is 12.6. The molecule has 22 heavy (non-hydrogen) atoms. The van der Waals surface area contributed by atoms with E-state index in [4.69, 9.17) is 0 Å². The molecule has 0 fully saturated rings. The molecule has 132 valence electrons. The summed E-state index contributed by atoms with van der Waals surface area (Å²) in [7, 11) is 0. The summed E-state index contributed by atoms with van der Waals surface area (Å²) in [5.74, 6) is -4.72. The first-order valence-corrected chi connectivity index (χ1v) is 7.51. The van der Waals surface area contributed by atoms with E-state index >= 15 is 0 Å². The molecule has 0 amide bonds. The Morgan fingerprint density at radius 3 is 1.41 bits per heavy atom. The van der Waals surface area contributed by atoms with Crippen LogP contribution in [0.3, 0.4) is 0 Å². The SMILES string of the molecule is CCSC(=C(F)C(SCC)(C(F)(F)F)C(F)(F)F)C(F)(F)F. The van der Waals surface area contributed by atoms with Gasteiger partial charge in [-0.1, -0.05) is 13.8 Å². The minimum absolute atomic E-state index is 0.457. The van der Waals surface area contributed by atoms with Crippen molar-refractivity contribution < 1.29 is 43.9 Å². The van der Waals surface area contributed by atoms with E-state index in [2.05, 4.69) is 0 Å². The lowest BCUT2D eigenvalue weighted by Crippen LogP contribution is -2.55. The molecule has 0 nitrogen and oxygen atoms in total. The summed E-state index contributed by atoms with van der Waals surface area (Å²) in [4.78, 5) is -2.52. The van der Waals surface area contributed by atoms with Crippen LogP contribution in [0.25, 0.3) is 0 Å². The Morgan fingerprint density at radius 1 is 0.773 bits per heavy atom. The summed E-state index contributed by atoms with van der Waals surface area (Å²) < 4.78 is 124. The Kier molecular flexibility index (Phi) is 7.02. The van der Waals surface area contributed by atoms with Gasteiger partial charge in [0.25, 0.3) is 4.75 Å². The van der Waals surface area contributed by atoms with Crippen molar-refractivity contribution in [1.82, 2.24) is 0 Å². The first-order chi connectivity index (χ1) is 9.66.